The van der Waals surface area contributed by atoms with Crippen LogP contribution in [0.15, 0.2) is 18.2 Å². The van der Waals surface area contributed by atoms with Gasteiger partial charge in [-0.25, -0.2) is 0 Å². The van der Waals surface area contributed by atoms with Crippen molar-refractivity contribution >= 4 is 5.78 Å². The zero-order valence-electron chi connectivity index (χ0n) is 12.1. The Balaban J connectivity index is 1.67. The quantitative estimate of drug-likeness (QED) is 0.777. The lowest BCUT2D eigenvalue weighted by Gasteiger charge is -2.43. The van der Waals surface area contributed by atoms with Gasteiger partial charge in [-0.2, -0.15) is 0 Å². The minimum absolute atomic E-state index is 0.399. The Morgan fingerprint density at radius 2 is 1.75 bits per heavy atom. The second-order valence-electron chi connectivity index (χ2n) is 6.73. The van der Waals surface area contributed by atoms with Crippen LogP contribution in [0.3, 0.4) is 0 Å². The summed E-state index contributed by atoms with van der Waals surface area (Å²) in [7, 11) is 1.74. The van der Waals surface area contributed by atoms with Gasteiger partial charge in [-0.1, -0.05) is 6.07 Å². The molecule has 0 aliphatic heterocycles. The van der Waals surface area contributed by atoms with Crippen molar-refractivity contribution in [3.63, 3.8) is 0 Å². The summed E-state index contributed by atoms with van der Waals surface area (Å²) < 4.78 is 5.36. The van der Waals surface area contributed by atoms with Crippen molar-refractivity contribution in [2.75, 3.05) is 7.11 Å². The number of rotatable bonds is 1. The van der Waals surface area contributed by atoms with Crippen molar-refractivity contribution in [2.45, 2.75) is 44.4 Å². The Labute approximate surface area is 120 Å². The van der Waals surface area contributed by atoms with Gasteiger partial charge in [-0.05, 0) is 73.1 Å². The molecule has 0 aromatic heterocycles. The number of Topliss-reactive ketones (excluding diaryl/α,β-unsaturated/α-hetero) is 1. The first-order chi connectivity index (χ1) is 9.78. The second kappa shape index (κ2) is 4.61. The maximum absolute atomic E-state index is 12.0. The van der Waals surface area contributed by atoms with E-state index >= 15 is 0 Å². The molecule has 0 radical (unpaired) electrons. The topological polar surface area (TPSA) is 26.3 Å². The zero-order chi connectivity index (χ0) is 13.7. The van der Waals surface area contributed by atoms with Crippen molar-refractivity contribution in [1.82, 2.24) is 0 Å². The predicted octanol–water partition coefficient (Wildman–Crippen LogP) is 3.73. The van der Waals surface area contributed by atoms with Crippen molar-refractivity contribution < 1.29 is 9.53 Å². The molecule has 1 aromatic carbocycles. The molecule has 2 saturated carbocycles. The van der Waals surface area contributed by atoms with E-state index in [0.717, 1.165) is 37.4 Å². The van der Waals surface area contributed by atoms with Crippen LogP contribution in [0.2, 0.25) is 0 Å². The molecule has 0 amide bonds. The van der Waals surface area contributed by atoms with Gasteiger partial charge in [0.1, 0.15) is 11.5 Å². The monoisotopic (exact) mass is 270 g/mol. The van der Waals surface area contributed by atoms with Crippen LogP contribution in [-0.2, 0) is 11.2 Å². The smallest absolute Gasteiger partial charge is 0.136 e. The summed E-state index contributed by atoms with van der Waals surface area (Å²) in [5.41, 5.74) is 3.02. The molecule has 1 aromatic rings. The molecule has 20 heavy (non-hydrogen) atoms. The number of hydrogen-bond acceptors (Lipinski definition) is 2. The number of ketones is 1. The molecular weight excluding hydrogens is 248 g/mol. The number of hydrogen-bond donors (Lipinski definition) is 0. The lowest BCUT2D eigenvalue weighted by Crippen LogP contribution is -2.35. The summed E-state index contributed by atoms with van der Waals surface area (Å²) in [6, 6.07) is 6.60. The van der Waals surface area contributed by atoms with E-state index in [9.17, 15) is 4.79 Å². The third-order valence-corrected chi connectivity index (χ3v) is 6.01. The van der Waals surface area contributed by atoms with E-state index in [-0.39, 0.29) is 0 Å². The van der Waals surface area contributed by atoms with Crippen LogP contribution >= 0.6 is 0 Å². The number of benzene rings is 1. The summed E-state index contributed by atoms with van der Waals surface area (Å²) >= 11 is 0. The molecule has 4 atom stereocenters. The summed E-state index contributed by atoms with van der Waals surface area (Å²) in [4.78, 5) is 12.0. The highest BCUT2D eigenvalue weighted by molar-refractivity contribution is 5.83. The number of carbonyl (C=O) groups is 1. The fraction of sp³-hybridized carbons (Fsp3) is 0.611. The molecule has 2 heteroatoms. The molecule has 0 saturated heterocycles. The van der Waals surface area contributed by atoms with Crippen molar-refractivity contribution in [3.8, 4) is 5.75 Å². The van der Waals surface area contributed by atoms with E-state index in [1.165, 1.54) is 18.4 Å². The molecular formula is C18H22O2. The third kappa shape index (κ3) is 1.73. The predicted molar refractivity (Wildman–Crippen MR) is 78.0 cm³/mol. The average molecular weight is 270 g/mol. The Morgan fingerprint density at radius 3 is 2.60 bits per heavy atom. The zero-order valence-corrected chi connectivity index (χ0v) is 12.1. The van der Waals surface area contributed by atoms with Crippen LogP contribution < -0.4 is 4.74 Å². The van der Waals surface area contributed by atoms with Gasteiger partial charge in [0, 0.05) is 12.3 Å². The minimum atomic E-state index is 0.399. The molecule has 3 aliphatic rings. The Kier molecular flexibility index (Phi) is 2.87. The van der Waals surface area contributed by atoms with Gasteiger partial charge in [-0.15, -0.1) is 0 Å². The highest BCUT2D eigenvalue weighted by Gasteiger charge is 2.47. The highest BCUT2D eigenvalue weighted by Crippen LogP contribution is 2.54. The Morgan fingerprint density at radius 1 is 1.00 bits per heavy atom. The first-order valence-electron chi connectivity index (χ1n) is 7.97. The second-order valence-corrected chi connectivity index (χ2v) is 6.73. The van der Waals surface area contributed by atoms with Crippen LogP contribution in [-0.4, -0.2) is 12.9 Å². The van der Waals surface area contributed by atoms with Crippen LogP contribution in [0, 0.1) is 17.8 Å². The van der Waals surface area contributed by atoms with Gasteiger partial charge in [0.05, 0.1) is 7.11 Å². The van der Waals surface area contributed by atoms with Crippen LogP contribution in [0.4, 0.5) is 0 Å². The average Bonchev–Trinajstić information content (AvgIpc) is 2.88. The van der Waals surface area contributed by atoms with Gasteiger partial charge in [0.2, 0.25) is 0 Å². The lowest BCUT2D eigenvalue weighted by atomic mass is 9.61. The lowest BCUT2D eigenvalue weighted by molar-refractivity contribution is -0.122. The molecule has 2 fully saturated rings. The van der Waals surface area contributed by atoms with E-state index < -0.39 is 0 Å². The summed E-state index contributed by atoms with van der Waals surface area (Å²) in [5, 5.41) is 0. The number of ether oxygens (including phenoxy) is 1. The number of carbonyl (C=O) groups excluding carboxylic acids is 1. The summed E-state index contributed by atoms with van der Waals surface area (Å²) in [6.07, 6.45) is 6.74. The molecule has 2 nitrogen and oxygen atoms in total. The molecule has 106 valence electrons. The third-order valence-electron chi connectivity index (χ3n) is 6.01. The molecule has 4 rings (SSSR count). The van der Waals surface area contributed by atoms with E-state index in [0.29, 0.717) is 23.5 Å². The maximum Gasteiger partial charge on any atom is 0.136 e. The van der Waals surface area contributed by atoms with Crippen LogP contribution in [0.25, 0.3) is 0 Å². The summed E-state index contributed by atoms with van der Waals surface area (Å²) in [6.45, 7) is 0. The van der Waals surface area contributed by atoms with Crippen molar-refractivity contribution in [2.24, 2.45) is 17.8 Å². The molecule has 0 bridgehead atoms. The number of methoxy groups -OCH3 is 1. The fourth-order valence-corrected chi connectivity index (χ4v) is 5.10. The van der Waals surface area contributed by atoms with Crippen molar-refractivity contribution in [1.29, 1.82) is 0 Å². The normalized spacial score (nSPS) is 35.1. The van der Waals surface area contributed by atoms with Gasteiger partial charge in [0.15, 0.2) is 0 Å². The molecule has 0 spiro atoms. The number of aryl methyl sites for hydroxylation is 1. The van der Waals surface area contributed by atoms with E-state index in [1.54, 1.807) is 12.7 Å². The van der Waals surface area contributed by atoms with Crippen LogP contribution in [0.5, 0.6) is 5.75 Å². The van der Waals surface area contributed by atoms with Gasteiger partial charge in [-0.3, -0.25) is 4.79 Å². The van der Waals surface area contributed by atoms with Gasteiger partial charge in [0.25, 0.3) is 0 Å². The standard InChI is InChI=1S/C18H22O2/c1-20-12-3-5-13-11(10-12)2-4-15-14(13)6-7-17-16(15)8-9-18(17)19/h3,5,10,14-17H,2,4,6-9H2,1H3/t14-,15+,16-,17-/m1/s1. The SMILES string of the molecule is COc1ccc2c(c1)CC[C@@H]1[C@H]3CCC(=O)[C@@H]3CC[C@H]21. The fourth-order valence-electron chi connectivity index (χ4n) is 5.10. The Hall–Kier alpha value is -1.31. The largest absolute Gasteiger partial charge is 0.497 e. The highest BCUT2D eigenvalue weighted by atomic mass is 16.5. The van der Waals surface area contributed by atoms with Crippen LogP contribution in [0.1, 0.15) is 49.1 Å². The molecule has 0 N–H and O–H groups in total. The summed E-state index contributed by atoms with van der Waals surface area (Å²) in [5.74, 6) is 4.05. The van der Waals surface area contributed by atoms with E-state index in [1.807, 2.05) is 0 Å². The molecule has 0 unspecified atom stereocenters. The molecule has 3 aliphatic carbocycles. The van der Waals surface area contributed by atoms with E-state index in [4.69, 9.17) is 4.74 Å². The molecule has 0 heterocycles. The van der Waals surface area contributed by atoms with Gasteiger partial charge >= 0.3 is 0 Å². The number of fused-ring (bicyclic) bond motifs is 5. The maximum atomic E-state index is 12.0. The first-order valence-corrected chi connectivity index (χ1v) is 7.97. The van der Waals surface area contributed by atoms with Gasteiger partial charge < -0.3 is 4.74 Å². The first kappa shape index (κ1) is 12.4. The minimum Gasteiger partial charge on any atom is -0.497 e. The Bertz CT molecular complexity index is 548. The van der Waals surface area contributed by atoms with Crippen molar-refractivity contribution in [3.05, 3.63) is 29.3 Å². The van der Waals surface area contributed by atoms with E-state index in [2.05, 4.69) is 18.2 Å².